The number of quaternary nitrogens is 1. The Morgan fingerprint density at radius 3 is 1.76 bits per heavy atom. The monoisotopic (exact) mass is 339 g/mol. The summed E-state index contributed by atoms with van der Waals surface area (Å²) < 4.78 is 0.929. The van der Waals surface area contributed by atoms with Crippen molar-refractivity contribution in [3.8, 4) is 0 Å². The minimum atomic E-state index is 0. The van der Waals surface area contributed by atoms with Crippen molar-refractivity contribution in [2.75, 3.05) is 38.9 Å². The van der Waals surface area contributed by atoms with Gasteiger partial charge in [-0.15, -0.1) is 11.8 Å². The summed E-state index contributed by atoms with van der Waals surface area (Å²) in [6, 6.07) is 0. The van der Waals surface area contributed by atoms with Crippen LogP contribution in [0.4, 0.5) is 0 Å². The Morgan fingerprint density at radius 1 is 0.810 bits per heavy atom. The van der Waals surface area contributed by atoms with Gasteiger partial charge in [-0.1, -0.05) is 64.7 Å². The molecular weight excluding hydrogens is 302 g/mol. The van der Waals surface area contributed by atoms with E-state index >= 15 is 0 Å². The van der Waals surface area contributed by atoms with Gasteiger partial charge in [0.05, 0.1) is 20.7 Å². The first kappa shape index (κ1) is 23.8. The van der Waals surface area contributed by atoms with E-state index in [4.69, 9.17) is 5.11 Å². The molecule has 0 saturated carbocycles. The second-order valence-corrected chi connectivity index (χ2v) is 7.68. The molecule has 0 radical (unpaired) electrons. The van der Waals surface area contributed by atoms with Gasteiger partial charge in [0.1, 0.15) is 12.4 Å². The number of nitrogens with zero attached hydrogens (tertiary/aromatic N) is 1. The van der Waals surface area contributed by atoms with Crippen molar-refractivity contribution in [1.29, 1.82) is 0 Å². The van der Waals surface area contributed by atoms with Crippen LogP contribution in [0.2, 0.25) is 0 Å². The minimum Gasteiger partial charge on any atom is -1.00 e. The highest BCUT2D eigenvalue weighted by Gasteiger charge is 2.12. The van der Waals surface area contributed by atoms with Crippen molar-refractivity contribution in [3.05, 3.63) is 0 Å². The molecule has 0 saturated heterocycles. The summed E-state index contributed by atoms with van der Waals surface area (Å²) in [5.41, 5.74) is 0. The molecule has 0 fully saturated rings. The fraction of sp³-hybridized carbons (Fsp3) is 1.00. The van der Waals surface area contributed by atoms with Gasteiger partial charge in [-0.3, -0.25) is 0 Å². The number of aliphatic hydroxyl groups is 1. The molecule has 1 N–H and O–H groups in total. The second-order valence-electron chi connectivity index (χ2n) is 6.60. The van der Waals surface area contributed by atoms with Crippen LogP contribution in [0, 0.1) is 0 Å². The molecule has 0 aliphatic rings. The molecule has 0 rings (SSSR count). The first-order valence-electron chi connectivity index (χ1n) is 8.63. The van der Waals surface area contributed by atoms with E-state index in [9.17, 15) is 0 Å². The highest BCUT2D eigenvalue weighted by Crippen LogP contribution is 2.14. The van der Waals surface area contributed by atoms with Gasteiger partial charge >= 0.3 is 0 Å². The molecule has 0 aromatic rings. The highest BCUT2D eigenvalue weighted by atomic mass is 35.5. The Hall–Kier alpha value is 0.560. The van der Waals surface area contributed by atoms with Crippen LogP contribution in [0.5, 0.6) is 0 Å². The van der Waals surface area contributed by atoms with Crippen molar-refractivity contribution in [3.63, 3.8) is 0 Å². The van der Waals surface area contributed by atoms with Crippen molar-refractivity contribution >= 4 is 11.8 Å². The Kier molecular flexibility index (Phi) is 19.2. The van der Waals surface area contributed by atoms with E-state index in [1.54, 1.807) is 0 Å². The molecule has 2 nitrogen and oxygen atoms in total. The normalized spacial score (nSPS) is 11.4. The highest BCUT2D eigenvalue weighted by molar-refractivity contribution is 7.99. The summed E-state index contributed by atoms with van der Waals surface area (Å²) in [7, 11) is 4.39. The summed E-state index contributed by atoms with van der Waals surface area (Å²) in [6.45, 7) is 3.44. The number of rotatable bonds is 15. The Balaban J connectivity index is 0. The van der Waals surface area contributed by atoms with Crippen molar-refractivity contribution in [2.24, 2.45) is 0 Å². The average Bonchev–Trinajstić information content (AvgIpc) is 2.40. The first-order chi connectivity index (χ1) is 9.62. The van der Waals surface area contributed by atoms with Crippen LogP contribution in [-0.4, -0.2) is 48.5 Å². The molecule has 130 valence electrons. The lowest BCUT2D eigenvalue weighted by molar-refractivity contribution is -0.877. The number of hydrogen-bond acceptors (Lipinski definition) is 2. The molecule has 21 heavy (non-hydrogen) atoms. The maximum Gasteiger partial charge on any atom is 0.125 e. The average molecular weight is 340 g/mol. The number of hydrogen-bond donors (Lipinski definition) is 1. The van der Waals surface area contributed by atoms with Crippen LogP contribution in [0.15, 0.2) is 0 Å². The third kappa shape index (κ3) is 18.5. The molecule has 0 unspecified atom stereocenters. The molecule has 4 heteroatoms. The van der Waals surface area contributed by atoms with Gasteiger partial charge < -0.3 is 22.0 Å². The zero-order valence-corrected chi connectivity index (χ0v) is 16.2. The number of aliphatic hydroxyl groups excluding tert-OH is 1. The summed E-state index contributed by atoms with van der Waals surface area (Å²) >= 11 is 2.04. The van der Waals surface area contributed by atoms with Gasteiger partial charge in [0.15, 0.2) is 0 Å². The fourth-order valence-electron chi connectivity index (χ4n) is 2.34. The number of unbranched alkanes of at least 4 members (excludes halogenated alkanes) is 9. The lowest BCUT2D eigenvalue weighted by Gasteiger charge is -2.28. The lowest BCUT2D eigenvalue weighted by atomic mass is 10.1. The van der Waals surface area contributed by atoms with Gasteiger partial charge in [-0.05, 0) is 12.2 Å². The second kappa shape index (κ2) is 16.9. The largest absolute Gasteiger partial charge is 1.00 e. The van der Waals surface area contributed by atoms with E-state index in [-0.39, 0.29) is 12.4 Å². The van der Waals surface area contributed by atoms with Crippen LogP contribution in [0.3, 0.4) is 0 Å². The standard InChI is InChI=1S/C17H38NOS.ClH/c1-4-5-6-7-8-9-10-11-12-13-16-20-17-18(2,3)14-15-19;/h19H,4-17H2,1-3H3;1H/q+1;/p-1. The molecule has 0 aliphatic carbocycles. The summed E-state index contributed by atoms with van der Waals surface area (Å²) in [5, 5.41) is 8.97. The summed E-state index contributed by atoms with van der Waals surface area (Å²) in [6.07, 6.45) is 14.2. The number of halogens is 1. The maximum atomic E-state index is 8.97. The smallest absolute Gasteiger partial charge is 0.125 e. The van der Waals surface area contributed by atoms with E-state index in [2.05, 4.69) is 21.0 Å². The van der Waals surface area contributed by atoms with Gasteiger partial charge in [0, 0.05) is 0 Å². The van der Waals surface area contributed by atoms with E-state index in [0.717, 1.165) is 16.9 Å². The van der Waals surface area contributed by atoms with E-state index in [1.807, 2.05) is 11.8 Å². The Morgan fingerprint density at radius 2 is 1.29 bits per heavy atom. The predicted molar refractivity (Wildman–Crippen MR) is 93.2 cm³/mol. The van der Waals surface area contributed by atoms with E-state index < -0.39 is 0 Å². The van der Waals surface area contributed by atoms with Gasteiger partial charge in [-0.2, -0.15) is 0 Å². The van der Waals surface area contributed by atoms with Gasteiger partial charge in [0.25, 0.3) is 0 Å². The SMILES string of the molecule is CCCCCCCCCCCCSC[N+](C)(C)CCO.[Cl-]. The Bertz CT molecular complexity index is 203. The van der Waals surface area contributed by atoms with Gasteiger partial charge in [-0.25, -0.2) is 0 Å². The topological polar surface area (TPSA) is 20.2 Å². The molecule has 0 aromatic carbocycles. The van der Waals surface area contributed by atoms with E-state index in [0.29, 0.717) is 6.61 Å². The maximum absolute atomic E-state index is 8.97. The van der Waals surface area contributed by atoms with Crippen LogP contribution in [0.25, 0.3) is 0 Å². The summed E-state index contributed by atoms with van der Waals surface area (Å²) in [4.78, 5) is 0. The minimum absolute atomic E-state index is 0. The molecule has 0 aliphatic heterocycles. The molecule has 0 aromatic heterocycles. The summed E-state index contributed by atoms with van der Waals surface area (Å²) in [5.74, 6) is 2.40. The van der Waals surface area contributed by atoms with Crippen molar-refractivity contribution in [2.45, 2.75) is 71.1 Å². The van der Waals surface area contributed by atoms with Gasteiger partial charge in [0.2, 0.25) is 0 Å². The van der Waals surface area contributed by atoms with Crippen molar-refractivity contribution < 1.29 is 22.0 Å². The van der Waals surface area contributed by atoms with Crippen LogP contribution in [0.1, 0.15) is 71.1 Å². The van der Waals surface area contributed by atoms with Crippen molar-refractivity contribution in [1.82, 2.24) is 0 Å². The van der Waals surface area contributed by atoms with Crippen LogP contribution in [-0.2, 0) is 0 Å². The predicted octanol–water partition coefficient (Wildman–Crippen LogP) is 1.67. The van der Waals surface area contributed by atoms with Crippen LogP contribution >= 0.6 is 11.8 Å². The molecule has 0 spiro atoms. The molecule has 0 atom stereocenters. The molecule has 0 bridgehead atoms. The third-order valence-corrected chi connectivity index (χ3v) is 5.25. The number of thioether (sulfide) groups is 1. The first-order valence-corrected chi connectivity index (χ1v) is 9.78. The number of likely N-dealkylation sites (N-methyl/N-ethyl adjacent to an activating group) is 1. The Labute approximate surface area is 144 Å². The molecule has 0 amide bonds. The zero-order valence-electron chi connectivity index (χ0n) is 14.6. The lowest BCUT2D eigenvalue weighted by Crippen LogP contribution is -3.00. The quantitative estimate of drug-likeness (QED) is 0.278. The molecular formula is C17H38ClNOS. The molecule has 0 heterocycles. The third-order valence-electron chi connectivity index (χ3n) is 3.79. The van der Waals surface area contributed by atoms with Crippen LogP contribution < -0.4 is 12.4 Å². The zero-order chi connectivity index (χ0) is 15.1. The van der Waals surface area contributed by atoms with E-state index in [1.165, 1.54) is 70.0 Å². The fourth-order valence-corrected chi connectivity index (χ4v) is 3.50.